The summed E-state index contributed by atoms with van der Waals surface area (Å²) in [5, 5.41) is 4.35. The van der Waals surface area contributed by atoms with E-state index in [1.165, 1.54) is 5.56 Å². The first-order chi connectivity index (χ1) is 14.8. The number of nitrogens with one attached hydrogen (secondary N) is 2. The van der Waals surface area contributed by atoms with Crippen molar-refractivity contribution < 1.29 is 4.79 Å². The van der Waals surface area contributed by atoms with Gasteiger partial charge in [-0.05, 0) is 35.7 Å². The Labute approximate surface area is 185 Å². The fourth-order valence-corrected chi connectivity index (χ4v) is 4.16. The summed E-state index contributed by atoms with van der Waals surface area (Å²) < 4.78 is 0. The lowest BCUT2D eigenvalue weighted by molar-refractivity contribution is 0.0903. The topological polar surface area (TPSA) is 51.4 Å². The van der Waals surface area contributed by atoms with Crippen LogP contribution in [0.1, 0.15) is 48.4 Å². The molecule has 1 aliphatic heterocycles. The van der Waals surface area contributed by atoms with E-state index in [9.17, 15) is 4.79 Å². The highest BCUT2D eigenvalue weighted by molar-refractivity contribution is 5.98. The Bertz CT molecular complexity index is 1030. The minimum absolute atomic E-state index is 0.0475. The van der Waals surface area contributed by atoms with Crippen LogP contribution in [0.3, 0.4) is 0 Å². The van der Waals surface area contributed by atoms with Crippen molar-refractivity contribution in [1.82, 2.24) is 20.1 Å². The molecule has 0 spiro atoms. The fraction of sp³-hybridized carbons (Fsp3) is 0.423. The quantitative estimate of drug-likeness (QED) is 0.653. The van der Waals surface area contributed by atoms with Crippen LogP contribution in [0.4, 0.5) is 0 Å². The second kappa shape index (κ2) is 8.85. The number of benzene rings is 2. The SMILES string of the molecule is CN1CCN(CC(NC(=O)c2cc3ccc(C(C)(C)C)cc3[nH]2)c2ccccc2)CC1. The molecule has 1 atom stereocenters. The first-order valence-electron chi connectivity index (χ1n) is 11.2. The largest absolute Gasteiger partial charge is 0.351 e. The number of carbonyl (C=O) groups excluding carboxylic acids is 1. The Balaban J connectivity index is 1.54. The van der Waals surface area contributed by atoms with E-state index < -0.39 is 0 Å². The maximum absolute atomic E-state index is 13.2. The molecule has 1 saturated heterocycles. The summed E-state index contributed by atoms with van der Waals surface area (Å²) in [5.41, 5.74) is 4.09. The Morgan fingerprint density at radius 3 is 2.42 bits per heavy atom. The minimum Gasteiger partial charge on any atom is -0.351 e. The summed E-state index contributed by atoms with van der Waals surface area (Å²) in [6.45, 7) is 11.6. The van der Waals surface area contributed by atoms with Gasteiger partial charge < -0.3 is 15.2 Å². The molecule has 164 valence electrons. The van der Waals surface area contributed by atoms with E-state index in [1.54, 1.807) is 0 Å². The molecule has 1 fully saturated rings. The molecule has 0 aliphatic carbocycles. The van der Waals surface area contributed by atoms with Crippen molar-refractivity contribution in [2.24, 2.45) is 0 Å². The van der Waals surface area contributed by atoms with E-state index in [0.29, 0.717) is 5.69 Å². The molecule has 2 aromatic carbocycles. The zero-order chi connectivity index (χ0) is 22.0. The predicted octanol–water partition coefficient (Wildman–Crippen LogP) is 4.18. The number of H-pyrrole nitrogens is 1. The van der Waals surface area contributed by atoms with Crippen LogP contribution in [-0.2, 0) is 5.41 Å². The van der Waals surface area contributed by atoms with Crippen molar-refractivity contribution in [3.63, 3.8) is 0 Å². The van der Waals surface area contributed by atoms with Gasteiger partial charge in [-0.15, -0.1) is 0 Å². The summed E-state index contributed by atoms with van der Waals surface area (Å²) in [6.07, 6.45) is 0. The van der Waals surface area contributed by atoms with Gasteiger partial charge in [0.15, 0.2) is 0 Å². The zero-order valence-electron chi connectivity index (χ0n) is 19.1. The van der Waals surface area contributed by atoms with Crippen LogP contribution in [0.5, 0.6) is 0 Å². The summed E-state index contributed by atoms with van der Waals surface area (Å²) in [7, 11) is 2.16. The molecule has 0 saturated carbocycles. The van der Waals surface area contributed by atoms with Crippen LogP contribution in [0.15, 0.2) is 54.6 Å². The molecule has 5 nitrogen and oxygen atoms in total. The Hall–Kier alpha value is -2.63. The second-order valence-electron chi connectivity index (χ2n) is 9.78. The Kier molecular flexibility index (Phi) is 6.17. The highest BCUT2D eigenvalue weighted by Crippen LogP contribution is 2.26. The molecule has 2 N–H and O–H groups in total. The average Bonchev–Trinajstić information content (AvgIpc) is 3.18. The number of amides is 1. The first kappa shape index (κ1) is 21.6. The Morgan fingerprint density at radius 1 is 1.03 bits per heavy atom. The van der Waals surface area contributed by atoms with Gasteiger partial charge in [0.2, 0.25) is 0 Å². The molecule has 31 heavy (non-hydrogen) atoms. The summed E-state index contributed by atoms with van der Waals surface area (Å²) in [5.74, 6) is -0.0588. The van der Waals surface area contributed by atoms with Gasteiger partial charge in [0, 0.05) is 43.6 Å². The number of carbonyl (C=O) groups is 1. The lowest BCUT2D eigenvalue weighted by Gasteiger charge is -2.35. The fourth-order valence-electron chi connectivity index (χ4n) is 4.16. The number of aromatic nitrogens is 1. The summed E-state index contributed by atoms with van der Waals surface area (Å²) >= 11 is 0. The summed E-state index contributed by atoms with van der Waals surface area (Å²) in [6, 6.07) is 18.6. The third-order valence-corrected chi connectivity index (χ3v) is 6.28. The van der Waals surface area contributed by atoms with Crippen molar-refractivity contribution >= 4 is 16.8 Å². The molecule has 1 aromatic heterocycles. The number of aromatic amines is 1. The van der Waals surface area contributed by atoms with Gasteiger partial charge in [0.1, 0.15) is 5.69 Å². The van der Waals surface area contributed by atoms with Crippen LogP contribution < -0.4 is 5.32 Å². The molecule has 0 radical (unpaired) electrons. The molecule has 1 amide bonds. The highest BCUT2D eigenvalue weighted by Gasteiger charge is 2.23. The Morgan fingerprint density at radius 2 is 1.74 bits per heavy atom. The number of nitrogens with zero attached hydrogens (tertiary/aromatic N) is 2. The number of piperazine rings is 1. The lowest BCUT2D eigenvalue weighted by atomic mass is 9.87. The van der Waals surface area contributed by atoms with Crippen molar-refractivity contribution in [3.8, 4) is 0 Å². The predicted molar refractivity (Wildman–Crippen MR) is 128 cm³/mol. The van der Waals surface area contributed by atoms with E-state index in [0.717, 1.165) is 49.2 Å². The van der Waals surface area contributed by atoms with Gasteiger partial charge in [-0.2, -0.15) is 0 Å². The third-order valence-electron chi connectivity index (χ3n) is 6.28. The molecule has 5 heteroatoms. The molecular weight excluding hydrogens is 384 g/mol. The van der Waals surface area contributed by atoms with Gasteiger partial charge in [-0.25, -0.2) is 0 Å². The molecular formula is C26H34N4O. The van der Waals surface area contributed by atoms with Crippen LogP contribution >= 0.6 is 0 Å². The molecule has 2 heterocycles. The van der Waals surface area contributed by atoms with Crippen LogP contribution in [0.25, 0.3) is 10.9 Å². The number of hydrogen-bond donors (Lipinski definition) is 2. The molecule has 0 bridgehead atoms. The average molecular weight is 419 g/mol. The van der Waals surface area contributed by atoms with Gasteiger partial charge >= 0.3 is 0 Å². The zero-order valence-corrected chi connectivity index (χ0v) is 19.1. The van der Waals surface area contributed by atoms with E-state index in [4.69, 9.17) is 0 Å². The number of rotatable bonds is 5. The molecule has 4 rings (SSSR count). The maximum Gasteiger partial charge on any atom is 0.268 e. The van der Waals surface area contributed by atoms with Crippen LogP contribution in [-0.4, -0.2) is 60.5 Å². The highest BCUT2D eigenvalue weighted by atomic mass is 16.2. The normalized spacial score (nSPS) is 17.0. The maximum atomic E-state index is 13.2. The molecule has 3 aromatic rings. The van der Waals surface area contributed by atoms with E-state index in [2.05, 4.69) is 78.3 Å². The number of likely N-dealkylation sites (N-methyl/N-ethyl adjacent to an activating group) is 1. The number of fused-ring (bicyclic) bond motifs is 1. The van der Waals surface area contributed by atoms with Crippen molar-refractivity contribution in [2.45, 2.75) is 32.2 Å². The van der Waals surface area contributed by atoms with Crippen LogP contribution in [0.2, 0.25) is 0 Å². The van der Waals surface area contributed by atoms with Gasteiger partial charge in [0.25, 0.3) is 5.91 Å². The lowest BCUT2D eigenvalue weighted by Crippen LogP contribution is -2.47. The first-order valence-corrected chi connectivity index (χ1v) is 11.2. The van der Waals surface area contributed by atoms with Gasteiger partial charge in [-0.3, -0.25) is 9.69 Å². The smallest absolute Gasteiger partial charge is 0.268 e. The van der Waals surface area contributed by atoms with E-state index >= 15 is 0 Å². The third kappa shape index (κ3) is 5.17. The number of hydrogen-bond acceptors (Lipinski definition) is 3. The standard InChI is InChI=1S/C26H34N4O/c1-26(2,3)21-11-10-20-16-23(27-22(20)17-21)25(31)28-24(19-8-6-5-7-9-19)18-30-14-12-29(4)13-15-30/h5-11,16-17,24,27H,12-15,18H2,1-4H3,(H,28,31). The molecule has 1 unspecified atom stereocenters. The van der Waals surface area contributed by atoms with Crippen molar-refractivity contribution in [1.29, 1.82) is 0 Å². The summed E-state index contributed by atoms with van der Waals surface area (Å²) in [4.78, 5) is 21.3. The minimum atomic E-state index is -0.0588. The van der Waals surface area contributed by atoms with Gasteiger partial charge in [0.05, 0.1) is 6.04 Å². The second-order valence-corrected chi connectivity index (χ2v) is 9.78. The molecule has 1 aliphatic rings. The van der Waals surface area contributed by atoms with Gasteiger partial charge in [-0.1, -0.05) is 63.2 Å². The van der Waals surface area contributed by atoms with Crippen molar-refractivity contribution in [3.05, 3.63) is 71.4 Å². The monoisotopic (exact) mass is 418 g/mol. The van der Waals surface area contributed by atoms with E-state index in [-0.39, 0.29) is 17.4 Å². The van der Waals surface area contributed by atoms with E-state index in [1.807, 2.05) is 24.3 Å². The van der Waals surface area contributed by atoms with Crippen LogP contribution in [0, 0.1) is 0 Å². The van der Waals surface area contributed by atoms with Crippen molar-refractivity contribution in [2.75, 3.05) is 39.8 Å².